The zero-order chi connectivity index (χ0) is 14.3. The molecule has 0 aliphatic carbocycles. The molecule has 1 amide bonds. The van der Waals surface area contributed by atoms with E-state index in [9.17, 15) is 13.2 Å². The van der Waals surface area contributed by atoms with Gasteiger partial charge in [0.1, 0.15) is 0 Å². The molecule has 19 heavy (non-hydrogen) atoms. The number of nitrogens with one attached hydrogen (secondary N) is 2. The van der Waals surface area contributed by atoms with E-state index in [4.69, 9.17) is 0 Å². The molecule has 5 nitrogen and oxygen atoms in total. The van der Waals surface area contributed by atoms with Crippen LogP contribution < -0.4 is 10.0 Å². The molecule has 6 heteroatoms. The van der Waals surface area contributed by atoms with Crippen molar-refractivity contribution in [2.75, 3.05) is 13.6 Å². The van der Waals surface area contributed by atoms with Gasteiger partial charge in [0.15, 0.2) is 0 Å². The Labute approximate surface area is 114 Å². The fourth-order valence-electron chi connectivity index (χ4n) is 1.56. The first kappa shape index (κ1) is 15.7. The predicted molar refractivity (Wildman–Crippen MR) is 74.3 cm³/mol. The summed E-state index contributed by atoms with van der Waals surface area (Å²) < 4.78 is 25.3. The summed E-state index contributed by atoms with van der Waals surface area (Å²) in [5, 5.41) is 2.80. The summed E-state index contributed by atoms with van der Waals surface area (Å²) in [6.07, 6.45) is 1.94. The molecule has 0 spiro atoms. The van der Waals surface area contributed by atoms with Gasteiger partial charge in [0.25, 0.3) is 0 Å². The Balaban J connectivity index is 2.56. The summed E-state index contributed by atoms with van der Waals surface area (Å²) in [5.74, 6) is 0.0220. The smallest absolute Gasteiger partial charge is 0.240 e. The van der Waals surface area contributed by atoms with Gasteiger partial charge in [-0.1, -0.05) is 19.1 Å². The van der Waals surface area contributed by atoms with Crippen molar-refractivity contribution >= 4 is 15.9 Å². The molecule has 0 saturated carbocycles. The maximum atomic E-state index is 11.5. The molecule has 0 atom stereocenters. The van der Waals surface area contributed by atoms with Gasteiger partial charge in [0, 0.05) is 13.0 Å². The van der Waals surface area contributed by atoms with Crippen LogP contribution in [0.2, 0.25) is 0 Å². The highest BCUT2D eigenvalue weighted by atomic mass is 32.2. The zero-order valence-electron chi connectivity index (χ0n) is 11.3. The third-order valence-electron chi connectivity index (χ3n) is 2.72. The first-order valence-corrected chi connectivity index (χ1v) is 7.77. The zero-order valence-corrected chi connectivity index (χ0v) is 12.1. The van der Waals surface area contributed by atoms with Gasteiger partial charge in [-0.25, -0.2) is 13.1 Å². The molecule has 106 valence electrons. The Hall–Kier alpha value is -1.40. The largest absolute Gasteiger partial charge is 0.356 e. The van der Waals surface area contributed by atoms with E-state index in [0.717, 1.165) is 12.0 Å². The van der Waals surface area contributed by atoms with Crippen molar-refractivity contribution in [2.24, 2.45) is 0 Å². The number of hydrogen-bond donors (Lipinski definition) is 2. The second kappa shape index (κ2) is 7.25. The van der Waals surface area contributed by atoms with Crippen LogP contribution in [0.5, 0.6) is 0 Å². The van der Waals surface area contributed by atoms with Gasteiger partial charge in [-0.3, -0.25) is 4.79 Å². The molecule has 0 heterocycles. The lowest BCUT2D eigenvalue weighted by Crippen LogP contribution is -2.24. The van der Waals surface area contributed by atoms with Crippen molar-refractivity contribution in [1.29, 1.82) is 0 Å². The van der Waals surface area contributed by atoms with Crippen molar-refractivity contribution in [3.8, 4) is 0 Å². The van der Waals surface area contributed by atoms with Crippen molar-refractivity contribution < 1.29 is 13.2 Å². The lowest BCUT2D eigenvalue weighted by Gasteiger charge is -2.05. The number of sulfonamides is 1. The molecule has 0 radical (unpaired) electrons. The van der Waals surface area contributed by atoms with Crippen molar-refractivity contribution in [1.82, 2.24) is 10.0 Å². The quantitative estimate of drug-likeness (QED) is 0.786. The Morgan fingerprint density at radius 2 is 1.84 bits per heavy atom. The van der Waals surface area contributed by atoms with Crippen LogP contribution in [0.3, 0.4) is 0 Å². The van der Waals surface area contributed by atoms with E-state index >= 15 is 0 Å². The number of amides is 1. The molecule has 1 aromatic carbocycles. The van der Waals surface area contributed by atoms with Crippen LogP contribution in [-0.2, 0) is 21.2 Å². The summed E-state index contributed by atoms with van der Waals surface area (Å²) in [4.78, 5) is 11.7. The monoisotopic (exact) mass is 284 g/mol. The summed E-state index contributed by atoms with van der Waals surface area (Å²) >= 11 is 0. The molecule has 0 fully saturated rings. The molecular formula is C13H20N2O3S. The molecular weight excluding hydrogens is 264 g/mol. The van der Waals surface area contributed by atoms with Crippen LogP contribution in [0.1, 0.15) is 25.3 Å². The van der Waals surface area contributed by atoms with Crippen molar-refractivity contribution in [3.05, 3.63) is 29.8 Å². The molecule has 0 unspecified atom stereocenters. The van der Waals surface area contributed by atoms with Gasteiger partial charge in [-0.15, -0.1) is 0 Å². The van der Waals surface area contributed by atoms with Gasteiger partial charge in [-0.05, 0) is 37.6 Å². The lowest BCUT2D eigenvalue weighted by molar-refractivity contribution is -0.121. The van der Waals surface area contributed by atoms with Gasteiger partial charge < -0.3 is 5.32 Å². The predicted octanol–water partition coefficient (Wildman–Crippen LogP) is 1.05. The van der Waals surface area contributed by atoms with Gasteiger partial charge in [-0.2, -0.15) is 0 Å². The third kappa shape index (κ3) is 5.00. The number of carbonyl (C=O) groups is 1. The van der Waals surface area contributed by atoms with E-state index in [-0.39, 0.29) is 10.8 Å². The second-order valence-corrected chi connectivity index (χ2v) is 6.09. The minimum atomic E-state index is -3.39. The maximum Gasteiger partial charge on any atom is 0.240 e. The standard InChI is InChI=1S/C13H20N2O3S/c1-3-10-15-13(16)9-6-11-4-7-12(8-5-11)19(17,18)14-2/h4-5,7-8,14H,3,6,9-10H2,1-2H3,(H,15,16). The lowest BCUT2D eigenvalue weighted by atomic mass is 10.1. The Morgan fingerprint density at radius 3 is 2.37 bits per heavy atom. The van der Waals surface area contributed by atoms with E-state index in [1.165, 1.54) is 7.05 Å². The van der Waals surface area contributed by atoms with Gasteiger partial charge >= 0.3 is 0 Å². The molecule has 0 aliphatic rings. The summed E-state index contributed by atoms with van der Waals surface area (Å²) in [5.41, 5.74) is 0.946. The van der Waals surface area contributed by atoms with E-state index in [1.54, 1.807) is 24.3 Å². The van der Waals surface area contributed by atoms with Gasteiger partial charge in [0.2, 0.25) is 15.9 Å². The Kier molecular flexibility index (Phi) is 5.98. The fourth-order valence-corrected chi connectivity index (χ4v) is 2.29. The number of aryl methyl sites for hydroxylation is 1. The molecule has 0 saturated heterocycles. The van der Waals surface area contributed by atoms with Crippen LogP contribution in [0, 0.1) is 0 Å². The average Bonchev–Trinajstić information content (AvgIpc) is 2.43. The molecule has 1 rings (SSSR count). The highest BCUT2D eigenvalue weighted by molar-refractivity contribution is 7.89. The van der Waals surface area contributed by atoms with Gasteiger partial charge in [0.05, 0.1) is 4.90 Å². The molecule has 2 N–H and O–H groups in total. The van der Waals surface area contributed by atoms with E-state index in [2.05, 4.69) is 10.0 Å². The van der Waals surface area contributed by atoms with Crippen LogP contribution in [0.15, 0.2) is 29.2 Å². The normalized spacial score (nSPS) is 11.3. The van der Waals surface area contributed by atoms with Crippen LogP contribution >= 0.6 is 0 Å². The second-order valence-electron chi connectivity index (χ2n) is 4.20. The van der Waals surface area contributed by atoms with E-state index < -0.39 is 10.0 Å². The van der Waals surface area contributed by atoms with Crippen LogP contribution in [0.25, 0.3) is 0 Å². The first-order chi connectivity index (χ1) is 8.99. The highest BCUT2D eigenvalue weighted by Crippen LogP contribution is 2.11. The molecule has 0 aromatic heterocycles. The van der Waals surface area contributed by atoms with Crippen LogP contribution in [0.4, 0.5) is 0 Å². The summed E-state index contributed by atoms with van der Waals surface area (Å²) in [6.45, 7) is 2.69. The minimum Gasteiger partial charge on any atom is -0.356 e. The number of rotatable bonds is 7. The van der Waals surface area contributed by atoms with Crippen molar-refractivity contribution in [2.45, 2.75) is 31.1 Å². The SMILES string of the molecule is CCCNC(=O)CCc1ccc(S(=O)(=O)NC)cc1. The number of hydrogen-bond acceptors (Lipinski definition) is 3. The van der Waals surface area contributed by atoms with E-state index in [0.29, 0.717) is 19.4 Å². The Morgan fingerprint density at radius 1 is 1.21 bits per heavy atom. The summed E-state index contributed by atoms with van der Waals surface area (Å²) in [6, 6.07) is 6.56. The third-order valence-corrected chi connectivity index (χ3v) is 4.15. The fraction of sp³-hybridized carbons (Fsp3) is 0.462. The number of carbonyl (C=O) groups excluding carboxylic acids is 1. The summed E-state index contributed by atoms with van der Waals surface area (Å²) in [7, 11) is -2.01. The average molecular weight is 284 g/mol. The van der Waals surface area contributed by atoms with Crippen LogP contribution in [-0.4, -0.2) is 27.9 Å². The first-order valence-electron chi connectivity index (χ1n) is 6.28. The molecule has 0 aliphatic heterocycles. The van der Waals surface area contributed by atoms with E-state index in [1.807, 2.05) is 6.92 Å². The van der Waals surface area contributed by atoms with Crippen molar-refractivity contribution in [3.63, 3.8) is 0 Å². The highest BCUT2D eigenvalue weighted by Gasteiger charge is 2.10. The Bertz CT molecular complexity index is 509. The maximum absolute atomic E-state index is 11.5. The minimum absolute atomic E-state index is 0.0220. The molecule has 1 aromatic rings. The number of benzene rings is 1. The topological polar surface area (TPSA) is 75.3 Å². The molecule has 0 bridgehead atoms.